The summed E-state index contributed by atoms with van der Waals surface area (Å²) in [6.45, 7) is 6.02. The molecule has 0 radical (unpaired) electrons. The molecule has 1 aromatic rings. The van der Waals surface area contributed by atoms with E-state index in [1.54, 1.807) is 0 Å². The molecule has 1 aliphatic rings. The van der Waals surface area contributed by atoms with Crippen LogP contribution in [0.2, 0.25) is 0 Å². The average Bonchev–Trinajstić information content (AvgIpc) is 3.11. The van der Waals surface area contributed by atoms with Gasteiger partial charge in [0.15, 0.2) is 0 Å². The van der Waals surface area contributed by atoms with Crippen molar-refractivity contribution in [3.05, 3.63) is 26.6 Å². The van der Waals surface area contributed by atoms with Crippen LogP contribution in [0, 0.1) is 5.92 Å². The molecule has 2 unspecified atom stereocenters. The van der Waals surface area contributed by atoms with E-state index in [2.05, 4.69) is 51.8 Å². The second-order valence-electron chi connectivity index (χ2n) is 4.86. The van der Waals surface area contributed by atoms with Gasteiger partial charge in [0.25, 0.3) is 0 Å². The minimum Gasteiger partial charge on any atom is -0.492 e. The minimum atomic E-state index is 0.372. The highest BCUT2D eigenvalue weighted by Crippen LogP contribution is 2.35. The maximum Gasteiger partial charge on any atom is 0.136 e. The second kappa shape index (κ2) is 6.40. The maximum absolute atomic E-state index is 5.98. The number of rotatable bonds is 6. The summed E-state index contributed by atoms with van der Waals surface area (Å²) < 4.78 is 13.4. The van der Waals surface area contributed by atoms with Gasteiger partial charge in [-0.25, -0.2) is 0 Å². The number of benzene rings is 1. The topological polar surface area (TPSA) is 21.8 Å². The lowest BCUT2D eigenvalue weighted by Crippen LogP contribution is -2.09. The molecule has 0 saturated carbocycles. The molecule has 2 nitrogen and oxygen atoms in total. The van der Waals surface area contributed by atoms with E-state index < -0.39 is 0 Å². The van der Waals surface area contributed by atoms with Crippen LogP contribution in [0.4, 0.5) is 0 Å². The van der Waals surface area contributed by atoms with Crippen LogP contribution in [0.5, 0.6) is 5.75 Å². The molecule has 0 bridgehead atoms. The summed E-state index contributed by atoms with van der Waals surface area (Å²) >= 11 is 7.11. The number of halogens is 2. The number of ether oxygens (including phenoxy) is 2. The molecule has 0 aromatic heterocycles. The second-order valence-corrected chi connectivity index (χ2v) is 6.63. The molecule has 2 rings (SSSR count). The Labute approximate surface area is 125 Å². The van der Waals surface area contributed by atoms with Gasteiger partial charge in [-0.05, 0) is 39.5 Å². The van der Waals surface area contributed by atoms with E-state index in [1.165, 1.54) is 5.56 Å². The quantitative estimate of drug-likeness (QED) is 0.677. The molecule has 0 amide bonds. The Morgan fingerprint density at radius 3 is 2.78 bits per heavy atom. The van der Waals surface area contributed by atoms with Gasteiger partial charge in [-0.15, -0.1) is 0 Å². The van der Waals surface area contributed by atoms with Crippen molar-refractivity contribution in [2.75, 3.05) is 13.2 Å². The van der Waals surface area contributed by atoms with Crippen molar-refractivity contribution >= 4 is 31.9 Å². The standard InChI is InChI=1S/C14H18Br2O2/c1-3-9(2)7-18-14-10(5-12-8-17-12)4-11(15)6-13(14)16/h4,6,9,12H,3,5,7-8H2,1-2H3. The van der Waals surface area contributed by atoms with Crippen molar-refractivity contribution in [3.63, 3.8) is 0 Å². The lowest BCUT2D eigenvalue weighted by atomic mass is 10.1. The molecule has 4 heteroatoms. The molecule has 1 saturated heterocycles. The average molecular weight is 378 g/mol. The molecule has 18 heavy (non-hydrogen) atoms. The zero-order valence-corrected chi connectivity index (χ0v) is 13.9. The van der Waals surface area contributed by atoms with Crippen molar-refractivity contribution in [3.8, 4) is 5.75 Å². The molecule has 1 aromatic carbocycles. The third-order valence-corrected chi connectivity index (χ3v) is 4.19. The SMILES string of the molecule is CCC(C)COc1c(Br)cc(Br)cc1CC1CO1. The Bertz CT molecular complexity index is 417. The normalized spacial score (nSPS) is 19.7. The van der Waals surface area contributed by atoms with E-state index in [-0.39, 0.29) is 0 Å². The highest BCUT2D eigenvalue weighted by molar-refractivity contribution is 9.11. The summed E-state index contributed by atoms with van der Waals surface area (Å²) in [6.07, 6.45) is 2.43. The van der Waals surface area contributed by atoms with Gasteiger partial charge in [-0.1, -0.05) is 36.2 Å². The number of hydrogen-bond acceptors (Lipinski definition) is 2. The fourth-order valence-corrected chi connectivity index (χ4v) is 3.13. The van der Waals surface area contributed by atoms with Gasteiger partial charge in [-0.2, -0.15) is 0 Å². The van der Waals surface area contributed by atoms with Gasteiger partial charge in [0.2, 0.25) is 0 Å². The monoisotopic (exact) mass is 376 g/mol. The maximum atomic E-state index is 5.98. The molecule has 0 aliphatic carbocycles. The molecule has 100 valence electrons. The molecular formula is C14H18Br2O2. The van der Waals surface area contributed by atoms with Crippen LogP contribution in [-0.2, 0) is 11.2 Å². The van der Waals surface area contributed by atoms with Crippen LogP contribution < -0.4 is 4.74 Å². The molecule has 2 atom stereocenters. The van der Waals surface area contributed by atoms with E-state index in [0.29, 0.717) is 12.0 Å². The van der Waals surface area contributed by atoms with Gasteiger partial charge in [-0.3, -0.25) is 0 Å². The summed E-state index contributed by atoms with van der Waals surface area (Å²) in [7, 11) is 0. The number of epoxide rings is 1. The van der Waals surface area contributed by atoms with E-state index in [9.17, 15) is 0 Å². The van der Waals surface area contributed by atoms with Gasteiger partial charge < -0.3 is 9.47 Å². The van der Waals surface area contributed by atoms with Crippen molar-refractivity contribution in [1.82, 2.24) is 0 Å². The largest absolute Gasteiger partial charge is 0.492 e. The van der Waals surface area contributed by atoms with Crippen LogP contribution in [0.1, 0.15) is 25.8 Å². The zero-order valence-electron chi connectivity index (χ0n) is 10.7. The lowest BCUT2D eigenvalue weighted by molar-refractivity contribution is 0.252. The first-order chi connectivity index (χ1) is 8.60. The highest BCUT2D eigenvalue weighted by Gasteiger charge is 2.25. The van der Waals surface area contributed by atoms with Crippen molar-refractivity contribution < 1.29 is 9.47 Å². The first-order valence-corrected chi connectivity index (χ1v) is 7.91. The van der Waals surface area contributed by atoms with E-state index in [0.717, 1.165) is 40.8 Å². The molecular weight excluding hydrogens is 360 g/mol. The third kappa shape index (κ3) is 3.97. The molecule has 1 aliphatic heterocycles. The van der Waals surface area contributed by atoms with E-state index in [4.69, 9.17) is 9.47 Å². The fourth-order valence-electron chi connectivity index (χ4n) is 1.70. The third-order valence-electron chi connectivity index (χ3n) is 3.14. The summed E-state index contributed by atoms with van der Waals surface area (Å²) in [5.41, 5.74) is 1.21. The summed E-state index contributed by atoms with van der Waals surface area (Å²) in [5, 5.41) is 0. The van der Waals surface area contributed by atoms with Gasteiger partial charge in [0.1, 0.15) is 5.75 Å². The summed E-state index contributed by atoms with van der Waals surface area (Å²) in [6, 6.07) is 4.15. The molecule has 0 N–H and O–H groups in total. The summed E-state index contributed by atoms with van der Waals surface area (Å²) in [5.74, 6) is 1.54. The Hall–Kier alpha value is -0.0600. The van der Waals surface area contributed by atoms with Crippen molar-refractivity contribution in [1.29, 1.82) is 0 Å². The van der Waals surface area contributed by atoms with Crippen LogP contribution in [0.25, 0.3) is 0 Å². The van der Waals surface area contributed by atoms with Gasteiger partial charge >= 0.3 is 0 Å². The summed E-state index contributed by atoms with van der Waals surface area (Å²) in [4.78, 5) is 0. The smallest absolute Gasteiger partial charge is 0.136 e. The molecule has 1 heterocycles. The predicted octanol–water partition coefficient (Wildman–Crippen LogP) is 4.58. The first kappa shape index (κ1) is 14.4. The van der Waals surface area contributed by atoms with E-state index in [1.807, 2.05) is 6.07 Å². The van der Waals surface area contributed by atoms with Crippen LogP contribution in [0.15, 0.2) is 21.1 Å². The lowest BCUT2D eigenvalue weighted by Gasteiger charge is -2.16. The van der Waals surface area contributed by atoms with Crippen LogP contribution in [0.3, 0.4) is 0 Å². The Kier molecular flexibility index (Phi) is 5.10. The zero-order chi connectivity index (χ0) is 13.1. The molecule has 1 fully saturated rings. The van der Waals surface area contributed by atoms with Crippen LogP contribution >= 0.6 is 31.9 Å². The van der Waals surface area contributed by atoms with Gasteiger partial charge in [0.05, 0.1) is 23.8 Å². The first-order valence-electron chi connectivity index (χ1n) is 6.32. The Balaban J connectivity index is 2.14. The molecule has 0 spiro atoms. The Morgan fingerprint density at radius 1 is 1.44 bits per heavy atom. The van der Waals surface area contributed by atoms with E-state index >= 15 is 0 Å². The van der Waals surface area contributed by atoms with Crippen LogP contribution in [-0.4, -0.2) is 19.3 Å². The Morgan fingerprint density at radius 2 is 2.17 bits per heavy atom. The predicted molar refractivity (Wildman–Crippen MR) is 80.2 cm³/mol. The highest BCUT2D eigenvalue weighted by atomic mass is 79.9. The van der Waals surface area contributed by atoms with Crippen molar-refractivity contribution in [2.24, 2.45) is 5.92 Å². The minimum absolute atomic E-state index is 0.372. The fraction of sp³-hybridized carbons (Fsp3) is 0.571. The van der Waals surface area contributed by atoms with Gasteiger partial charge in [0, 0.05) is 10.9 Å². The number of hydrogen-bond donors (Lipinski definition) is 0. The van der Waals surface area contributed by atoms with Crippen molar-refractivity contribution in [2.45, 2.75) is 32.8 Å².